The van der Waals surface area contributed by atoms with E-state index in [9.17, 15) is 9.90 Å². The number of carbonyl (C=O) groups is 1. The largest absolute Gasteiger partial charge is 0.508 e. The molecule has 0 saturated carbocycles. The van der Waals surface area contributed by atoms with Gasteiger partial charge in [0.25, 0.3) is 0 Å². The number of hydrogen-bond acceptors (Lipinski definition) is 3. The van der Waals surface area contributed by atoms with Crippen LogP contribution in [-0.4, -0.2) is 22.7 Å². The van der Waals surface area contributed by atoms with E-state index in [1.54, 1.807) is 12.1 Å². The van der Waals surface area contributed by atoms with Crippen LogP contribution in [0.1, 0.15) is 31.2 Å². The molecule has 0 unspecified atom stereocenters. The Labute approximate surface area is 101 Å². The number of benzene rings is 1. The minimum atomic E-state index is -0.724. The molecule has 0 aliphatic rings. The molecule has 17 heavy (non-hydrogen) atoms. The van der Waals surface area contributed by atoms with E-state index in [0.717, 1.165) is 37.9 Å². The molecule has 4 nitrogen and oxygen atoms in total. The lowest BCUT2D eigenvalue weighted by atomic mass is 10.2. The van der Waals surface area contributed by atoms with Gasteiger partial charge in [0.1, 0.15) is 5.75 Å². The zero-order valence-electron chi connectivity index (χ0n) is 9.85. The van der Waals surface area contributed by atoms with E-state index in [4.69, 9.17) is 5.11 Å². The quantitative estimate of drug-likeness (QED) is 0.606. The normalized spacial score (nSPS) is 10.4. The minimum Gasteiger partial charge on any atom is -0.508 e. The lowest BCUT2D eigenvalue weighted by Gasteiger charge is -2.05. The molecule has 0 amide bonds. The molecule has 0 bridgehead atoms. The molecule has 0 saturated heterocycles. The highest BCUT2D eigenvalue weighted by atomic mass is 16.4. The van der Waals surface area contributed by atoms with Gasteiger partial charge in [-0.25, -0.2) is 0 Å². The molecule has 1 rings (SSSR count). The number of carboxylic acid groups (broad SMARTS) is 1. The summed E-state index contributed by atoms with van der Waals surface area (Å²) in [5.41, 5.74) is 1.05. The van der Waals surface area contributed by atoms with Crippen LogP contribution in [0.5, 0.6) is 5.75 Å². The third kappa shape index (κ3) is 6.58. The van der Waals surface area contributed by atoms with Crippen molar-refractivity contribution >= 4 is 5.97 Å². The van der Waals surface area contributed by atoms with Crippen LogP contribution in [0, 0.1) is 0 Å². The standard InChI is InChI=1S/C13H19NO3/c15-12-6-4-5-11(9-12)10-14-8-3-1-2-7-13(16)17/h4-6,9,14-15H,1-3,7-8,10H2,(H,16,17). The van der Waals surface area contributed by atoms with Crippen molar-refractivity contribution in [1.29, 1.82) is 0 Å². The Morgan fingerprint density at radius 1 is 1.24 bits per heavy atom. The number of carboxylic acids is 1. The maximum atomic E-state index is 10.3. The van der Waals surface area contributed by atoms with Gasteiger partial charge in [-0.05, 0) is 37.1 Å². The van der Waals surface area contributed by atoms with Crippen molar-refractivity contribution in [1.82, 2.24) is 5.32 Å². The fraction of sp³-hybridized carbons (Fsp3) is 0.462. The van der Waals surface area contributed by atoms with E-state index in [1.165, 1.54) is 0 Å². The van der Waals surface area contributed by atoms with Crippen molar-refractivity contribution in [2.75, 3.05) is 6.54 Å². The summed E-state index contributed by atoms with van der Waals surface area (Å²) in [4.78, 5) is 10.3. The van der Waals surface area contributed by atoms with Gasteiger partial charge in [-0.3, -0.25) is 4.79 Å². The molecule has 0 spiro atoms. The first-order chi connectivity index (χ1) is 8.18. The van der Waals surface area contributed by atoms with Crippen LogP contribution in [0.15, 0.2) is 24.3 Å². The fourth-order valence-corrected chi connectivity index (χ4v) is 1.60. The number of unbranched alkanes of at least 4 members (excludes halogenated alkanes) is 2. The monoisotopic (exact) mass is 237 g/mol. The Morgan fingerprint density at radius 2 is 2.06 bits per heavy atom. The average Bonchev–Trinajstić information content (AvgIpc) is 2.27. The summed E-state index contributed by atoms with van der Waals surface area (Å²) in [6, 6.07) is 7.16. The number of hydrogen-bond donors (Lipinski definition) is 3. The van der Waals surface area contributed by atoms with Crippen molar-refractivity contribution in [2.24, 2.45) is 0 Å². The van der Waals surface area contributed by atoms with E-state index >= 15 is 0 Å². The fourth-order valence-electron chi connectivity index (χ4n) is 1.60. The summed E-state index contributed by atoms with van der Waals surface area (Å²) in [6.45, 7) is 1.60. The molecule has 4 heteroatoms. The summed E-state index contributed by atoms with van der Waals surface area (Å²) < 4.78 is 0. The zero-order valence-corrected chi connectivity index (χ0v) is 9.85. The second-order valence-corrected chi connectivity index (χ2v) is 4.05. The van der Waals surface area contributed by atoms with Crippen molar-refractivity contribution in [3.63, 3.8) is 0 Å². The molecule has 0 aliphatic carbocycles. The lowest BCUT2D eigenvalue weighted by Crippen LogP contribution is -2.14. The van der Waals surface area contributed by atoms with Gasteiger partial charge in [-0.2, -0.15) is 0 Å². The number of rotatable bonds is 8. The highest BCUT2D eigenvalue weighted by Crippen LogP contribution is 2.10. The molecule has 0 aromatic heterocycles. The third-order valence-electron chi connectivity index (χ3n) is 2.48. The topological polar surface area (TPSA) is 69.6 Å². The number of nitrogens with one attached hydrogen (secondary N) is 1. The first-order valence-electron chi connectivity index (χ1n) is 5.89. The second-order valence-electron chi connectivity index (χ2n) is 4.05. The molecule has 0 atom stereocenters. The van der Waals surface area contributed by atoms with Crippen molar-refractivity contribution < 1.29 is 15.0 Å². The SMILES string of the molecule is O=C(O)CCCCCNCc1cccc(O)c1. The maximum absolute atomic E-state index is 10.3. The van der Waals surface area contributed by atoms with Gasteiger partial charge in [0.05, 0.1) is 0 Å². The summed E-state index contributed by atoms with van der Waals surface area (Å²) >= 11 is 0. The molecule has 1 aromatic carbocycles. The van der Waals surface area contributed by atoms with E-state index in [-0.39, 0.29) is 12.2 Å². The Hall–Kier alpha value is -1.55. The summed E-state index contributed by atoms with van der Waals surface area (Å²) in [7, 11) is 0. The van der Waals surface area contributed by atoms with Gasteiger partial charge in [-0.1, -0.05) is 18.6 Å². The predicted molar refractivity (Wildman–Crippen MR) is 65.9 cm³/mol. The highest BCUT2D eigenvalue weighted by molar-refractivity contribution is 5.66. The maximum Gasteiger partial charge on any atom is 0.303 e. The van der Waals surface area contributed by atoms with Gasteiger partial charge in [0.15, 0.2) is 0 Å². The number of aliphatic carboxylic acids is 1. The van der Waals surface area contributed by atoms with E-state index in [2.05, 4.69) is 5.32 Å². The van der Waals surface area contributed by atoms with Crippen molar-refractivity contribution in [3.8, 4) is 5.75 Å². The van der Waals surface area contributed by atoms with Crippen LogP contribution in [0.2, 0.25) is 0 Å². The first-order valence-corrected chi connectivity index (χ1v) is 5.89. The molecule has 0 fully saturated rings. The predicted octanol–water partition coefficient (Wildman–Crippen LogP) is 2.13. The van der Waals surface area contributed by atoms with Crippen molar-refractivity contribution in [3.05, 3.63) is 29.8 Å². The molecule has 1 aromatic rings. The first kappa shape index (κ1) is 13.5. The molecular weight excluding hydrogens is 218 g/mol. The van der Waals surface area contributed by atoms with Crippen LogP contribution in [0.4, 0.5) is 0 Å². The molecule has 0 heterocycles. The van der Waals surface area contributed by atoms with Crippen molar-refractivity contribution in [2.45, 2.75) is 32.2 Å². The summed E-state index contributed by atoms with van der Waals surface area (Å²) in [6.07, 6.45) is 2.90. The zero-order chi connectivity index (χ0) is 12.5. The Kier molecular flexibility index (Phi) is 6.10. The van der Waals surface area contributed by atoms with Crippen LogP contribution in [0.3, 0.4) is 0 Å². The minimum absolute atomic E-state index is 0.257. The van der Waals surface area contributed by atoms with Gasteiger partial charge < -0.3 is 15.5 Å². The molecule has 0 aliphatic heterocycles. The van der Waals surface area contributed by atoms with Crippen LogP contribution in [0.25, 0.3) is 0 Å². The average molecular weight is 237 g/mol. The van der Waals surface area contributed by atoms with E-state index < -0.39 is 5.97 Å². The van der Waals surface area contributed by atoms with Gasteiger partial charge >= 0.3 is 5.97 Å². The Morgan fingerprint density at radius 3 is 2.76 bits per heavy atom. The smallest absolute Gasteiger partial charge is 0.303 e. The van der Waals surface area contributed by atoms with Gasteiger partial charge in [-0.15, -0.1) is 0 Å². The van der Waals surface area contributed by atoms with Gasteiger partial charge in [0, 0.05) is 13.0 Å². The molecule has 0 radical (unpaired) electrons. The second kappa shape index (κ2) is 7.68. The summed E-state index contributed by atoms with van der Waals surface area (Å²) in [5, 5.41) is 21.0. The van der Waals surface area contributed by atoms with E-state index in [0.29, 0.717) is 0 Å². The van der Waals surface area contributed by atoms with Gasteiger partial charge in [0.2, 0.25) is 0 Å². The molecular formula is C13H19NO3. The molecule has 3 N–H and O–H groups in total. The number of phenolic OH excluding ortho intramolecular Hbond substituents is 1. The third-order valence-corrected chi connectivity index (χ3v) is 2.48. The number of phenols is 1. The van der Waals surface area contributed by atoms with Crippen LogP contribution >= 0.6 is 0 Å². The van der Waals surface area contributed by atoms with Crippen LogP contribution in [-0.2, 0) is 11.3 Å². The summed E-state index contributed by atoms with van der Waals surface area (Å²) in [5.74, 6) is -0.441. The van der Waals surface area contributed by atoms with Crippen LogP contribution < -0.4 is 5.32 Å². The Balaban J connectivity index is 2.03. The highest BCUT2D eigenvalue weighted by Gasteiger charge is 1.97. The lowest BCUT2D eigenvalue weighted by molar-refractivity contribution is -0.137. The van der Waals surface area contributed by atoms with E-state index in [1.807, 2.05) is 12.1 Å². The number of aromatic hydroxyl groups is 1. The molecule has 94 valence electrons. The Bertz CT molecular complexity index is 352.